The number of hydrogen-bond donors (Lipinski definition) is 1. The number of hydrogen-bond acceptors (Lipinski definition) is 5. The van der Waals surface area contributed by atoms with Gasteiger partial charge in [-0.3, -0.25) is 0 Å². The van der Waals surface area contributed by atoms with Crippen LogP contribution in [-0.2, 0) is 0 Å². The summed E-state index contributed by atoms with van der Waals surface area (Å²) in [5, 5.41) is 5.87. The molecule has 0 amide bonds. The van der Waals surface area contributed by atoms with E-state index >= 15 is 0 Å². The van der Waals surface area contributed by atoms with Crippen LogP contribution in [-0.4, -0.2) is 12.3 Å². The van der Waals surface area contributed by atoms with Crippen LogP contribution >= 0.6 is 11.3 Å². The molecule has 0 aliphatic heterocycles. The molecular formula is C14H12N2O2S. The molecule has 0 aliphatic rings. The predicted molar refractivity (Wildman–Crippen MR) is 76.2 cm³/mol. The summed E-state index contributed by atoms with van der Waals surface area (Å²) < 4.78 is 10.5. The molecule has 0 radical (unpaired) electrons. The number of thiophene rings is 1. The number of aromatic nitrogens is 1. The van der Waals surface area contributed by atoms with Crippen molar-refractivity contribution in [3.05, 3.63) is 41.8 Å². The second-order valence-corrected chi connectivity index (χ2v) is 4.93. The number of rotatable bonds is 3. The molecule has 1 aromatic carbocycles. The van der Waals surface area contributed by atoms with Gasteiger partial charge in [-0.25, -0.2) is 0 Å². The number of nitrogens with two attached hydrogens (primary N) is 1. The summed E-state index contributed by atoms with van der Waals surface area (Å²) in [6, 6.07) is 11.6. The van der Waals surface area contributed by atoms with Gasteiger partial charge < -0.3 is 15.0 Å². The third kappa shape index (κ3) is 2.08. The Labute approximate surface area is 114 Å². The standard InChI is InChI=1S/C14H12N2O2S/c1-17-10-6-4-9(5-7-10)13-12(14(15)16-18-13)11-3-2-8-19-11/h2-8H,1H3,(H2,15,16). The fraction of sp³-hybridized carbons (Fsp3) is 0.0714. The summed E-state index contributed by atoms with van der Waals surface area (Å²) in [5.74, 6) is 1.89. The Morgan fingerprint density at radius 2 is 2.00 bits per heavy atom. The van der Waals surface area contributed by atoms with Gasteiger partial charge in [0.2, 0.25) is 0 Å². The van der Waals surface area contributed by atoms with E-state index in [9.17, 15) is 0 Å². The first kappa shape index (κ1) is 11.8. The largest absolute Gasteiger partial charge is 0.497 e. The molecule has 19 heavy (non-hydrogen) atoms. The van der Waals surface area contributed by atoms with Gasteiger partial charge in [-0.15, -0.1) is 11.3 Å². The Morgan fingerprint density at radius 1 is 1.21 bits per heavy atom. The zero-order valence-electron chi connectivity index (χ0n) is 10.3. The molecule has 3 rings (SSSR count). The Bertz CT molecular complexity index is 672. The van der Waals surface area contributed by atoms with Crippen LogP contribution in [0.25, 0.3) is 21.8 Å². The number of benzene rings is 1. The van der Waals surface area contributed by atoms with E-state index < -0.39 is 0 Å². The first-order valence-corrected chi connectivity index (χ1v) is 6.61. The topological polar surface area (TPSA) is 61.3 Å². The quantitative estimate of drug-likeness (QED) is 0.790. The van der Waals surface area contributed by atoms with Crippen LogP contribution in [0.3, 0.4) is 0 Å². The molecule has 0 spiro atoms. The van der Waals surface area contributed by atoms with Gasteiger partial charge in [-0.05, 0) is 35.7 Å². The number of nitrogen functional groups attached to an aromatic ring is 1. The van der Waals surface area contributed by atoms with Crippen LogP contribution < -0.4 is 10.5 Å². The molecule has 4 nitrogen and oxygen atoms in total. The predicted octanol–water partition coefficient (Wildman–Crippen LogP) is 3.66. The van der Waals surface area contributed by atoms with Crippen molar-refractivity contribution in [2.24, 2.45) is 0 Å². The van der Waals surface area contributed by atoms with Crippen molar-refractivity contribution in [1.82, 2.24) is 5.16 Å². The van der Waals surface area contributed by atoms with Crippen LogP contribution in [0.4, 0.5) is 5.82 Å². The molecule has 0 saturated heterocycles. The van der Waals surface area contributed by atoms with E-state index in [1.165, 1.54) is 0 Å². The van der Waals surface area contributed by atoms with Gasteiger partial charge in [0, 0.05) is 10.4 Å². The maximum absolute atomic E-state index is 5.90. The Kier molecular flexibility index (Phi) is 2.97. The lowest BCUT2D eigenvalue weighted by atomic mass is 10.1. The Balaban J connectivity index is 2.10. The van der Waals surface area contributed by atoms with Crippen LogP contribution in [0, 0.1) is 0 Å². The fourth-order valence-corrected chi connectivity index (χ4v) is 2.68. The van der Waals surface area contributed by atoms with Gasteiger partial charge in [0.25, 0.3) is 0 Å². The summed E-state index contributed by atoms with van der Waals surface area (Å²) in [7, 11) is 1.64. The fourth-order valence-electron chi connectivity index (χ4n) is 1.90. The average Bonchev–Trinajstić information content (AvgIpc) is 3.08. The number of ether oxygens (including phenoxy) is 1. The molecule has 2 aromatic heterocycles. The van der Waals surface area contributed by atoms with Gasteiger partial charge in [-0.2, -0.15) is 0 Å². The third-order valence-electron chi connectivity index (χ3n) is 2.84. The molecule has 5 heteroatoms. The summed E-state index contributed by atoms with van der Waals surface area (Å²) in [5.41, 5.74) is 7.67. The van der Waals surface area contributed by atoms with Gasteiger partial charge in [0.1, 0.15) is 5.75 Å². The molecule has 0 atom stereocenters. The summed E-state index contributed by atoms with van der Waals surface area (Å²) >= 11 is 1.61. The van der Waals surface area contributed by atoms with E-state index in [4.69, 9.17) is 15.0 Å². The van der Waals surface area contributed by atoms with E-state index in [1.807, 2.05) is 41.8 Å². The van der Waals surface area contributed by atoms with Crippen molar-refractivity contribution in [2.75, 3.05) is 12.8 Å². The van der Waals surface area contributed by atoms with E-state index in [0.29, 0.717) is 11.6 Å². The highest BCUT2D eigenvalue weighted by Gasteiger charge is 2.18. The van der Waals surface area contributed by atoms with Crippen molar-refractivity contribution in [3.8, 4) is 27.5 Å². The van der Waals surface area contributed by atoms with Crippen molar-refractivity contribution in [3.63, 3.8) is 0 Å². The minimum absolute atomic E-state index is 0.410. The Morgan fingerprint density at radius 3 is 2.63 bits per heavy atom. The summed E-state index contributed by atoms with van der Waals surface area (Å²) in [4.78, 5) is 1.05. The molecular weight excluding hydrogens is 260 g/mol. The molecule has 2 heterocycles. The minimum atomic E-state index is 0.410. The highest BCUT2D eigenvalue weighted by atomic mass is 32.1. The van der Waals surface area contributed by atoms with E-state index in [-0.39, 0.29) is 0 Å². The highest BCUT2D eigenvalue weighted by molar-refractivity contribution is 7.13. The first-order chi connectivity index (χ1) is 9.29. The number of nitrogens with zero attached hydrogens (tertiary/aromatic N) is 1. The zero-order chi connectivity index (χ0) is 13.2. The highest BCUT2D eigenvalue weighted by Crippen LogP contribution is 2.39. The van der Waals surface area contributed by atoms with Crippen molar-refractivity contribution in [2.45, 2.75) is 0 Å². The molecule has 3 aromatic rings. The van der Waals surface area contributed by atoms with Crippen molar-refractivity contribution >= 4 is 17.2 Å². The van der Waals surface area contributed by atoms with Crippen LogP contribution in [0.5, 0.6) is 5.75 Å². The SMILES string of the molecule is COc1ccc(-c2onc(N)c2-c2cccs2)cc1. The summed E-state index contributed by atoms with van der Waals surface area (Å²) in [6.45, 7) is 0. The van der Waals surface area contributed by atoms with Crippen molar-refractivity contribution in [1.29, 1.82) is 0 Å². The van der Waals surface area contributed by atoms with Crippen LogP contribution in [0.15, 0.2) is 46.3 Å². The number of anilines is 1. The second-order valence-electron chi connectivity index (χ2n) is 3.98. The first-order valence-electron chi connectivity index (χ1n) is 5.73. The summed E-state index contributed by atoms with van der Waals surface area (Å²) in [6.07, 6.45) is 0. The molecule has 96 valence electrons. The van der Waals surface area contributed by atoms with Gasteiger partial charge >= 0.3 is 0 Å². The smallest absolute Gasteiger partial charge is 0.177 e. The molecule has 0 unspecified atom stereocenters. The van der Waals surface area contributed by atoms with Gasteiger partial charge in [-0.1, -0.05) is 11.2 Å². The molecule has 0 fully saturated rings. The van der Waals surface area contributed by atoms with Crippen LogP contribution in [0.2, 0.25) is 0 Å². The van der Waals surface area contributed by atoms with E-state index in [1.54, 1.807) is 18.4 Å². The van der Waals surface area contributed by atoms with Crippen molar-refractivity contribution < 1.29 is 9.26 Å². The van der Waals surface area contributed by atoms with E-state index in [2.05, 4.69) is 5.16 Å². The second kappa shape index (κ2) is 4.78. The monoisotopic (exact) mass is 272 g/mol. The van der Waals surface area contributed by atoms with Gasteiger partial charge in [0.15, 0.2) is 11.6 Å². The third-order valence-corrected chi connectivity index (χ3v) is 3.73. The average molecular weight is 272 g/mol. The maximum atomic E-state index is 5.90. The Hall–Kier alpha value is -2.27. The number of methoxy groups -OCH3 is 1. The lowest BCUT2D eigenvalue weighted by molar-refractivity contribution is 0.414. The van der Waals surface area contributed by atoms with Gasteiger partial charge in [0.05, 0.1) is 12.7 Å². The normalized spacial score (nSPS) is 10.6. The van der Waals surface area contributed by atoms with Crippen LogP contribution in [0.1, 0.15) is 0 Å². The molecule has 0 bridgehead atoms. The maximum Gasteiger partial charge on any atom is 0.177 e. The molecule has 0 aliphatic carbocycles. The molecule has 2 N–H and O–H groups in total. The molecule has 0 saturated carbocycles. The lowest BCUT2D eigenvalue weighted by Crippen LogP contribution is -1.87. The lowest BCUT2D eigenvalue weighted by Gasteiger charge is -2.02. The minimum Gasteiger partial charge on any atom is -0.497 e. The zero-order valence-corrected chi connectivity index (χ0v) is 11.1. The van der Waals surface area contributed by atoms with E-state index in [0.717, 1.165) is 21.8 Å².